The molecule has 1 rings (SSSR count). The second kappa shape index (κ2) is 8.66. The third-order valence-corrected chi connectivity index (χ3v) is 2.62. The Hall–Kier alpha value is -1.39. The third kappa shape index (κ3) is 5.80. The van der Waals surface area contributed by atoms with Gasteiger partial charge < -0.3 is 15.8 Å². The van der Waals surface area contributed by atoms with Crippen molar-refractivity contribution in [2.24, 2.45) is 5.73 Å². The first kappa shape index (κ1) is 14.7. The van der Waals surface area contributed by atoms with Crippen molar-refractivity contribution in [3.8, 4) is 0 Å². The third-order valence-electron chi connectivity index (χ3n) is 2.62. The molecule has 0 aliphatic heterocycles. The van der Waals surface area contributed by atoms with Crippen LogP contribution in [0.15, 0.2) is 30.3 Å². The van der Waals surface area contributed by atoms with Gasteiger partial charge in [-0.3, -0.25) is 4.79 Å². The van der Waals surface area contributed by atoms with Crippen molar-refractivity contribution in [1.29, 1.82) is 0 Å². The van der Waals surface area contributed by atoms with E-state index in [0.717, 1.165) is 18.4 Å². The average molecular weight is 250 g/mol. The minimum absolute atomic E-state index is 0.113. The van der Waals surface area contributed by atoms with E-state index in [1.807, 2.05) is 30.3 Å². The van der Waals surface area contributed by atoms with E-state index in [1.165, 1.54) is 0 Å². The van der Waals surface area contributed by atoms with Gasteiger partial charge in [-0.2, -0.15) is 0 Å². The largest absolute Gasteiger partial charge is 0.372 e. The first-order chi connectivity index (χ1) is 8.74. The van der Waals surface area contributed by atoms with Crippen LogP contribution in [0, 0.1) is 0 Å². The Bertz CT molecular complexity index is 341. The normalized spacial score (nSPS) is 12.1. The molecule has 1 aromatic rings. The SMILES string of the molecule is CCCCOCC(=O)NCC(N)c1ccccc1. The number of rotatable bonds is 8. The smallest absolute Gasteiger partial charge is 0.246 e. The lowest BCUT2D eigenvalue weighted by Gasteiger charge is -2.13. The quantitative estimate of drug-likeness (QED) is 0.689. The van der Waals surface area contributed by atoms with Crippen LogP contribution in [0.4, 0.5) is 0 Å². The summed E-state index contributed by atoms with van der Waals surface area (Å²) in [6, 6.07) is 9.54. The summed E-state index contributed by atoms with van der Waals surface area (Å²) >= 11 is 0. The fourth-order valence-corrected chi connectivity index (χ4v) is 1.50. The first-order valence-electron chi connectivity index (χ1n) is 6.39. The maximum atomic E-state index is 11.5. The number of hydrogen-bond acceptors (Lipinski definition) is 3. The summed E-state index contributed by atoms with van der Waals surface area (Å²) in [4.78, 5) is 11.5. The van der Waals surface area contributed by atoms with Gasteiger partial charge in [0.15, 0.2) is 0 Å². The van der Waals surface area contributed by atoms with Gasteiger partial charge in [-0.1, -0.05) is 43.7 Å². The summed E-state index contributed by atoms with van der Waals surface area (Å²) < 4.78 is 5.22. The molecule has 0 bridgehead atoms. The van der Waals surface area contributed by atoms with Gasteiger partial charge in [0, 0.05) is 19.2 Å². The summed E-state index contributed by atoms with van der Waals surface area (Å²) in [7, 11) is 0. The Morgan fingerprint density at radius 1 is 1.39 bits per heavy atom. The van der Waals surface area contributed by atoms with E-state index in [2.05, 4.69) is 12.2 Å². The number of nitrogens with two attached hydrogens (primary N) is 1. The lowest BCUT2D eigenvalue weighted by atomic mass is 10.1. The zero-order chi connectivity index (χ0) is 13.2. The second-order valence-electron chi connectivity index (χ2n) is 4.23. The van der Waals surface area contributed by atoms with E-state index >= 15 is 0 Å². The molecule has 0 aliphatic rings. The van der Waals surface area contributed by atoms with Gasteiger partial charge in [0.2, 0.25) is 5.91 Å². The van der Waals surface area contributed by atoms with Gasteiger partial charge >= 0.3 is 0 Å². The number of benzene rings is 1. The molecule has 0 fully saturated rings. The number of carbonyl (C=O) groups is 1. The Labute approximate surface area is 109 Å². The minimum atomic E-state index is -0.175. The standard InChI is InChI=1S/C14H22N2O2/c1-2-3-9-18-11-14(17)16-10-13(15)12-7-5-4-6-8-12/h4-8,13H,2-3,9-11,15H2,1H3,(H,16,17). The predicted molar refractivity (Wildman–Crippen MR) is 72.1 cm³/mol. The van der Waals surface area contributed by atoms with Gasteiger partial charge in [0.05, 0.1) is 0 Å². The predicted octanol–water partition coefficient (Wildman–Crippen LogP) is 1.62. The van der Waals surface area contributed by atoms with E-state index in [9.17, 15) is 4.79 Å². The summed E-state index contributed by atoms with van der Waals surface area (Å²) in [6.45, 7) is 3.26. The molecular weight excluding hydrogens is 228 g/mol. The highest BCUT2D eigenvalue weighted by molar-refractivity contribution is 5.77. The number of carbonyl (C=O) groups excluding carboxylic acids is 1. The van der Waals surface area contributed by atoms with Crippen LogP contribution in [0.3, 0.4) is 0 Å². The molecule has 0 radical (unpaired) electrons. The minimum Gasteiger partial charge on any atom is -0.372 e. The Morgan fingerprint density at radius 2 is 2.11 bits per heavy atom. The van der Waals surface area contributed by atoms with Crippen LogP contribution in [0.2, 0.25) is 0 Å². The maximum absolute atomic E-state index is 11.5. The van der Waals surface area contributed by atoms with E-state index < -0.39 is 0 Å². The fraction of sp³-hybridized carbons (Fsp3) is 0.500. The molecule has 0 spiro atoms. The molecule has 18 heavy (non-hydrogen) atoms. The highest BCUT2D eigenvalue weighted by Crippen LogP contribution is 2.07. The summed E-state index contributed by atoms with van der Waals surface area (Å²) in [5, 5.41) is 2.77. The van der Waals surface area contributed by atoms with Crippen molar-refractivity contribution < 1.29 is 9.53 Å². The fourth-order valence-electron chi connectivity index (χ4n) is 1.50. The van der Waals surface area contributed by atoms with Crippen LogP contribution in [-0.4, -0.2) is 25.7 Å². The second-order valence-corrected chi connectivity index (χ2v) is 4.23. The van der Waals surface area contributed by atoms with Crippen molar-refractivity contribution in [2.75, 3.05) is 19.8 Å². The molecule has 0 saturated heterocycles. The molecule has 4 heteroatoms. The zero-order valence-electron chi connectivity index (χ0n) is 10.9. The van der Waals surface area contributed by atoms with E-state index in [1.54, 1.807) is 0 Å². The lowest BCUT2D eigenvalue weighted by molar-refractivity contribution is -0.125. The number of hydrogen-bond donors (Lipinski definition) is 2. The Balaban J connectivity index is 2.18. The number of nitrogens with one attached hydrogen (secondary N) is 1. The van der Waals surface area contributed by atoms with Crippen molar-refractivity contribution >= 4 is 5.91 Å². The number of amides is 1. The highest BCUT2D eigenvalue weighted by atomic mass is 16.5. The molecule has 4 nitrogen and oxygen atoms in total. The van der Waals surface area contributed by atoms with Gasteiger partial charge in [-0.05, 0) is 12.0 Å². The van der Waals surface area contributed by atoms with Crippen molar-refractivity contribution in [3.63, 3.8) is 0 Å². The van der Waals surface area contributed by atoms with Crippen molar-refractivity contribution in [1.82, 2.24) is 5.32 Å². The van der Waals surface area contributed by atoms with E-state index in [4.69, 9.17) is 10.5 Å². The molecule has 1 amide bonds. The van der Waals surface area contributed by atoms with E-state index in [-0.39, 0.29) is 18.6 Å². The van der Waals surface area contributed by atoms with E-state index in [0.29, 0.717) is 13.2 Å². The molecule has 100 valence electrons. The Kier molecular flexibility index (Phi) is 7.06. The Morgan fingerprint density at radius 3 is 2.78 bits per heavy atom. The van der Waals surface area contributed by atoms with Crippen LogP contribution >= 0.6 is 0 Å². The van der Waals surface area contributed by atoms with Crippen molar-refractivity contribution in [3.05, 3.63) is 35.9 Å². The molecular formula is C14H22N2O2. The maximum Gasteiger partial charge on any atom is 0.246 e. The molecule has 0 aromatic heterocycles. The van der Waals surface area contributed by atoms with Gasteiger partial charge in [-0.25, -0.2) is 0 Å². The molecule has 0 aliphatic carbocycles. The van der Waals surface area contributed by atoms with Crippen LogP contribution in [0.5, 0.6) is 0 Å². The molecule has 3 N–H and O–H groups in total. The number of unbranched alkanes of at least 4 members (excludes halogenated alkanes) is 1. The van der Waals surface area contributed by atoms with Crippen molar-refractivity contribution in [2.45, 2.75) is 25.8 Å². The monoisotopic (exact) mass is 250 g/mol. The van der Waals surface area contributed by atoms with Crippen LogP contribution in [-0.2, 0) is 9.53 Å². The topological polar surface area (TPSA) is 64.3 Å². The van der Waals surface area contributed by atoms with Crippen LogP contribution < -0.4 is 11.1 Å². The summed E-state index contributed by atoms with van der Waals surface area (Å²) in [5.41, 5.74) is 6.98. The first-order valence-corrected chi connectivity index (χ1v) is 6.39. The summed E-state index contributed by atoms with van der Waals surface area (Å²) in [6.07, 6.45) is 2.05. The van der Waals surface area contributed by atoms with Gasteiger partial charge in [0.25, 0.3) is 0 Å². The molecule has 0 saturated carbocycles. The van der Waals surface area contributed by atoms with Crippen LogP contribution in [0.25, 0.3) is 0 Å². The number of ether oxygens (including phenoxy) is 1. The van der Waals surface area contributed by atoms with Gasteiger partial charge in [-0.15, -0.1) is 0 Å². The molecule has 1 aromatic carbocycles. The molecule has 1 atom stereocenters. The molecule has 1 unspecified atom stereocenters. The average Bonchev–Trinajstić information content (AvgIpc) is 2.42. The highest BCUT2D eigenvalue weighted by Gasteiger charge is 2.07. The summed E-state index contributed by atoms with van der Waals surface area (Å²) in [5.74, 6) is -0.113. The molecule has 0 heterocycles. The van der Waals surface area contributed by atoms with Gasteiger partial charge in [0.1, 0.15) is 6.61 Å². The zero-order valence-corrected chi connectivity index (χ0v) is 10.9. The lowest BCUT2D eigenvalue weighted by Crippen LogP contribution is -2.34. The van der Waals surface area contributed by atoms with Crippen LogP contribution in [0.1, 0.15) is 31.4 Å².